The van der Waals surface area contributed by atoms with Crippen molar-refractivity contribution in [2.24, 2.45) is 0 Å². The first kappa shape index (κ1) is 17.2. The molecule has 2 rings (SSSR count). The van der Waals surface area contributed by atoms with Gasteiger partial charge in [0.1, 0.15) is 5.60 Å². The highest BCUT2D eigenvalue weighted by molar-refractivity contribution is 7.99. The van der Waals surface area contributed by atoms with E-state index in [1.165, 1.54) is 24.2 Å². The van der Waals surface area contributed by atoms with Crippen LogP contribution in [0, 0.1) is 0 Å². The van der Waals surface area contributed by atoms with Crippen molar-refractivity contribution < 1.29 is 9.53 Å². The number of hydrogen-bond donors (Lipinski definition) is 1. The van der Waals surface area contributed by atoms with Crippen molar-refractivity contribution in [1.82, 2.24) is 5.32 Å². The van der Waals surface area contributed by atoms with Gasteiger partial charge in [-0.25, -0.2) is 4.79 Å². The highest BCUT2D eigenvalue weighted by Crippen LogP contribution is 2.34. The van der Waals surface area contributed by atoms with Gasteiger partial charge in [0, 0.05) is 10.6 Å². The third-order valence-electron chi connectivity index (χ3n) is 3.84. The Morgan fingerprint density at radius 2 is 1.82 bits per heavy atom. The lowest BCUT2D eigenvalue weighted by molar-refractivity contribution is 0.0442. The van der Waals surface area contributed by atoms with Gasteiger partial charge in [0.2, 0.25) is 0 Å². The maximum absolute atomic E-state index is 12.2. The number of carbonyl (C=O) groups is 1. The number of benzene rings is 1. The number of ether oxygens (including phenoxy) is 1. The summed E-state index contributed by atoms with van der Waals surface area (Å²) in [5, 5.41) is 3.18. The first-order valence-electron chi connectivity index (χ1n) is 8.08. The van der Waals surface area contributed by atoms with Crippen molar-refractivity contribution in [3.63, 3.8) is 0 Å². The summed E-state index contributed by atoms with van der Waals surface area (Å²) in [5.74, 6) is 0.899. The van der Waals surface area contributed by atoms with E-state index in [4.69, 9.17) is 4.74 Å². The minimum absolute atomic E-state index is 0.138. The molecule has 1 aromatic rings. The van der Waals surface area contributed by atoms with E-state index in [2.05, 4.69) is 29.6 Å². The summed E-state index contributed by atoms with van der Waals surface area (Å²) >= 11 is 1.82. The van der Waals surface area contributed by atoms with Crippen molar-refractivity contribution in [1.29, 1.82) is 0 Å². The van der Waals surface area contributed by atoms with E-state index in [1.54, 1.807) is 0 Å². The van der Waals surface area contributed by atoms with Crippen LogP contribution in [0.5, 0.6) is 0 Å². The van der Waals surface area contributed by atoms with E-state index in [0.717, 1.165) is 18.6 Å². The fraction of sp³-hybridized carbons (Fsp3) is 0.611. The van der Waals surface area contributed by atoms with E-state index >= 15 is 0 Å². The molecule has 1 saturated carbocycles. The first-order valence-corrected chi connectivity index (χ1v) is 9.06. The predicted octanol–water partition coefficient (Wildman–Crippen LogP) is 5.01. The molecule has 22 heavy (non-hydrogen) atoms. The van der Waals surface area contributed by atoms with Gasteiger partial charge in [0.05, 0.1) is 5.54 Å². The first-order chi connectivity index (χ1) is 10.4. The molecule has 1 amide bonds. The van der Waals surface area contributed by atoms with Crippen molar-refractivity contribution >= 4 is 17.9 Å². The van der Waals surface area contributed by atoms with E-state index < -0.39 is 5.60 Å². The number of alkyl carbamates (subject to hydrolysis) is 1. The third kappa shape index (κ3) is 5.56. The zero-order chi connectivity index (χ0) is 16.1. The summed E-state index contributed by atoms with van der Waals surface area (Å²) in [7, 11) is 0. The van der Waals surface area contributed by atoms with E-state index in [1.807, 2.05) is 38.6 Å². The summed E-state index contributed by atoms with van der Waals surface area (Å²) in [5.41, 5.74) is -0.590. The molecule has 0 atom stereocenters. The molecule has 0 heterocycles. The van der Waals surface area contributed by atoms with Gasteiger partial charge in [-0.2, -0.15) is 0 Å². The van der Waals surface area contributed by atoms with Crippen LogP contribution in [0.3, 0.4) is 0 Å². The number of carbonyl (C=O) groups excluding carboxylic acids is 1. The molecule has 0 unspecified atom stereocenters. The Balaban J connectivity index is 1.99. The molecule has 3 nitrogen and oxygen atoms in total. The summed E-state index contributed by atoms with van der Waals surface area (Å²) in [6.07, 6.45) is 5.38. The van der Waals surface area contributed by atoms with Gasteiger partial charge in [-0.1, -0.05) is 37.5 Å². The molecule has 1 aliphatic carbocycles. The van der Waals surface area contributed by atoms with Gasteiger partial charge >= 0.3 is 6.09 Å². The molecule has 0 aliphatic heterocycles. The normalized spacial score (nSPS) is 17.8. The van der Waals surface area contributed by atoms with Crippen molar-refractivity contribution in [2.45, 2.75) is 68.9 Å². The van der Waals surface area contributed by atoms with Gasteiger partial charge in [-0.15, -0.1) is 11.8 Å². The molecule has 0 radical (unpaired) electrons. The molecule has 122 valence electrons. The second-order valence-corrected chi connectivity index (χ2v) is 8.12. The highest BCUT2D eigenvalue weighted by Gasteiger charge is 2.35. The molecule has 0 spiro atoms. The molecule has 0 aromatic heterocycles. The molecule has 1 N–H and O–H groups in total. The minimum Gasteiger partial charge on any atom is -0.444 e. The number of rotatable bonds is 4. The van der Waals surface area contributed by atoms with Crippen LogP contribution < -0.4 is 5.32 Å². The maximum Gasteiger partial charge on any atom is 0.408 e. The Morgan fingerprint density at radius 3 is 2.41 bits per heavy atom. The Kier molecular flexibility index (Phi) is 5.79. The second kappa shape index (κ2) is 7.40. The number of thioether (sulfide) groups is 1. The van der Waals surface area contributed by atoms with Crippen molar-refractivity contribution in [3.05, 3.63) is 30.3 Å². The molecule has 0 bridgehead atoms. The van der Waals surface area contributed by atoms with Gasteiger partial charge in [-0.3, -0.25) is 0 Å². The van der Waals surface area contributed by atoms with Crippen LogP contribution in [0.2, 0.25) is 0 Å². The molecular weight excluding hydrogens is 294 g/mol. The fourth-order valence-corrected chi connectivity index (χ4v) is 3.95. The Morgan fingerprint density at radius 1 is 1.18 bits per heavy atom. The summed E-state index contributed by atoms with van der Waals surface area (Å²) < 4.78 is 5.46. The number of hydrogen-bond acceptors (Lipinski definition) is 3. The van der Waals surface area contributed by atoms with E-state index in [-0.39, 0.29) is 11.6 Å². The molecule has 0 saturated heterocycles. The maximum atomic E-state index is 12.2. The van der Waals surface area contributed by atoms with Crippen LogP contribution in [0.1, 0.15) is 52.9 Å². The second-order valence-electron chi connectivity index (χ2n) is 7.07. The van der Waals surface area contributed by atoms with Gasteiger partial charge in [0.25, 0.3) is 0 Å². The van der Waals surface area contributed by atoms with Gasteiger partial charge in [-0.05, 0) is 45.7 Å². The Hall–Kier alpha value is -1.16. The van der Waals surface area contributed by atoms with Crippen molar-refractivity contribution in [3.8, 4) is 0 Å². The summed E-state index contributed by atoms with van der Waals surface area (Å²) in [6, 6.07) is 10.4. The van der Waals surface area contributed by atoms with Crippen LogP contribution in [-0.4, -0.2) is 23.0 Å². The minimum atomic E-state index is -0.452. The molecule has 4 heteroatoms. The Labute approximate surface area is 138 Å². The topological polar surface area (TPSA) is 38.3 Å². The van der Waals surface area contributed by atoms with E-state index in [9.17, 15) is 4.79 Å². The van der Waals surface area contributed by atoms with Crippen molar-refractivity contribution in [2.75, 3.05) is 5.75 Å². The highest BCUT2D eigenvalue weighted by atomic mass is 32.2. The third-order valence-corrected chi connectivity index (χ3v) is 5.14. The summed E-state index contributed by atoms with van der Waals surface area (Å²) in [4.78, 5) is 13.4. The van der Waals surface area contributed by atoms with Crippen LogP contribution in [-0.2, 0) is 4.74 Å². The largest absolute Gasteiger partial charge is 0.444 e. The SMILES string of the molecule is CC(C)(C)OC(=O)NC1(CSc2ccccc2)CCCCC1. The molecule has 1 aromatic carbocycles. The quantitative estimate of drug-likeness (QED) is 0.793. The van der Waals surface area contributed by atoms with E-state index in [0.29, 0.717) is 0 Å². The fourth-order valence-electron chi connectivity index (χ4n) is 2.79. The number of nitrogens with one attached hydrogen (secondary N) is 1. The van der Waals surface area contributed by atoms with Crippen LogP contribution >= 0.6 is 11.8 Å². The average Bonchev–Trinajstić information content (AvgIpc) is 2.45. The lowest BCUT2D eigenvalue weighted by atomic mass is 9.83. The lowest BCUT2D eigenvalue weighted by Crippen LogP contribution is -2.53. The zero-order valence-electron chi connectivity index (χ0n) is 13.9. The standard InChI is InChI=1S/C18H27NO2S/c1-17(2,3)21-16(20)19-18(12-8-5-9-13-18)14-22-15-10-6-4-7-11-15/h4,6-7,10-11H,5,8-9,12-14H2,1-3H3,(H,19,20). The van der Waals surface area contributed by atoms with Crippen LogP contribution in [0.4, 0.5) is 4.79 Å². The zero-order valence-corrected chi connectivity index (χ0v) is 14.7. The molecule has 1 aliphatic rings. The van der Waals surface area contributed by atoms with Crippen LogP contribution in [0.15, 0.2) is 35.2 Å². The van der Waals surface area contributed by atoms with Gasteiger partial charge in [0.15, 0.2) is 0 Å². The van der Waals surface area contributed by atoms with Crippen LogP contribution in [0.25, 0.3) is 0 Å². The van der Waals surface area contributed by atoms with Gasteiger partial charge < -0.3 is 10.1 Å². The monoisotopic (exact) mass is 321 g/mol. The average molecular weight is 321 g/mol. The smallest absolute Gasteiger partial charge is 0.408 e. The summed E-state index contributed by atoms with van der Waals surface area (Å²) in [6.45, 7) is 5.70. The Bertz CT molecular complexity index is 476. The molecule has 1 fully saturated rings. The predicted molar refractivity (Wildman–Crippen MR) is 92.4 cm³/mol. The number of amides is 1. The lowest BCUT2D eigenvalue weighted by Gasteiger charge is -2.38. The molecular formula is C18H27NO2S.